The van der Waals surface area contributed by atoms with Crippen molar-refractivity contribution in [3.63, 3.8) is 0 Å². The van der Waals surface area contributed by atoms with Crippen molar-refractivity contribution in [1.82, 2.24) is 15.3 Å². The molecule has 0 atom stereocenters. The first kappa shape index (κ1) is 12.2. The number of halogens is 1. The lowest BCUT2D eigenvalue weighted by Gasteiger charge is -2.00. The first-order chi connectivity index (χ1) is 8.81. The first-order valence-corrected chi connectivity index (χ1v) is 7.42. The van der Waals surface area contributed by atoms with Gasteiger partial charge in [-0.1, -0.05) is 12.1 Å². The molecule has 4 heteroatoms. The van der Waals surface area contributed by atoms with Gasteiger partial charge in [0.05, 0.1) is 11.9 Å². The summed E-state index contributed by atoms with van der Waals surface area (Å²) < 4.78 is 1.25. The fourth-order valence-corrected chi connectivity index (χ4v) is 2.31. The largest absolute Gasteiger partial charge is 0.342 e. The standard InChI is InChI=1S/C14H16IN3/c15-11-3-1-10(2-4-11)13-9-17-14(18-13)7-8-16-12-5-6-12/h1-4,9,12,16H,5-8H2,(H,17,18). The molecule has 0 bridgehead atoms. The average molecular weight is 353 g/mol. The molecule has 1 aromatic carbocycles. The number of rotatable bonds is 5. The van der Waals surface area contributed by atoms with Crippen LogP contribution in [0.25, 0.3) is 11.3 Å². The number of nitrogens with zero attached hydrogens (tertiary/aromatic N) is 1. The minimum atomic E-state index is 0.774. The zero-order valence-corrected chi connectivity index (χ0v) is 12.3. The van der Waals surface area contributed by atoms with E-state index in [-0.39, 0.29) is 0 Å². The molecule has 0 radical (unpaired) electrons. The first-order valence-electron chi connectivity index (χ1n) is 6.34. The number of aromatic amines is 1. The van der Waals surface area contributed by atoms with Crippen LogP contribution in [0.3, 0.4) is 0 Å². The Hall–Kier alpha value is -0.880. The lowest BCUT2D eigenvalue weighted by molar-refractivity contribution is 0.669. The fourth-order valence-electron chi connectivity index (χ4n) is 1.95. The number of hydrogen-bond acceptors (Lipinski definition) is 2. The third-order valence-electron chi connectivity index (χ3n) is 3.16. The topological polar surface area (TPSA) is 40.7 Å². The van der Waals surface area contributed by atoms with Crippen LogP contribution in [0.1, 0.15) is 18.7 Å². The minimum absolute atomic E-state index is 0.774. The molecule has 0 unspecified atom stereocenters. The zero-order valence-electron chi connectivity index (χ0n) is 10.1. The molecule has 94 valence electrons. The predicted octanol–water partition coefficient (Wildman–Crippen LogP) is 2.98. The van der Waals surface area contributed by atoms with E-state index in [2.05, 4.69) is 62.1 Å². The molecule has 0 spiro atoms. The van der Waals surface area contributed by atoms with E-state index >= 15 is 0 Å². The summed E-state index contributed by atoms with van der Waals surface area (Å²) in [5, 5.41) is 3.50. The highest BCUT2D eigenvalue weighted by Gasteiger charge is 2.19. The van der Waals surface area contributed by atoms with Crippen molar-refractivity contribution >= 4 is 22.6 Å². The van der Waals surface area contributed by atoms with Crippen LogP contribution in [0.5, 0.6) is 0 Å². The van der Waals surface area contributed by atoms with Gasteiger partial charge in [0, 0.05) is 22.6 Å². The van der Waals surface area contributed by atoms with E-state index in [1.165, 1.54) is 22.0 Å². The van der Waals surface area contributed by atoms with Gasteiger partial charge in [-0.3, -0.25) is 0 Å². The summed E-state index contributed by atoms with van der Waals surface area (Å²) in [4.78, 5) is 7.82. The van der Waals surface area contributed by atoms with Gasteiger partial charge in [-0.2, -0.15) is 0 Å². The number of imidazole rings is 1. The molecule has 1 aromatic heterocycles. The van der Waals surface area contributed by atoms with E-state index in [9.17, 15) is 0 Å². The molecule has 0 aliphatic heterocycles. The normalized spacial score (nSPS) is 14.9. The van der Waals surface area contributed by atoms with Crippen LogP contribution in [0, 0.1) is 3.57 Å². The summed E-state index contributed by atoms with van der Waals surface area (Å²) in [5.41, 5.74) is 2.30. The minimum Gasteiger partial charge on any atom is -0.342 e. The van der Waals surface area contributed by atoms with Crippen LogP contribution in [-0.4, -0.2) is 22.6 Å². The van der Waals surface area contributed by atoms with Crippen molar-refractivity contribution in [2.24, 2.45) is 0 Å². The molecule has 18 heavy (non-hydrogen) atoms. The molecule has 1 fully saturated rings. The lowest BCUT2D eigenvalue weighted by atomic mass is 10.2. The van der Waals surface area contributed by atoms with E-state index < -0.39 is 0 Å². The summed E-state index contributed by atoms with van der Waals surface area (Å²) in [7, 11) is 0. The summed E-state index contributed by atoms with van der Waals surface area (Å²) >= 11 is 2.32. The predicted molar refractivity (Wildman–Crippen MR) is 81.5 cm³/mol. The van der Waals surface area contributed by atoms with Gasteiger partial charge >= 0.3 is 0 Å². The Balaban J connectivity index is 1.62. The second kappa shape index (κ2) is 5.40. The fraction of sp³-hybridized carbons (Fsp3) is 0.357. The summed E-state index contributed by atoms with van der Waals surface area (Å²) in [6.45, 7) is 1.02. The Labute approximate surface area is 121 Å². The van der Waals surface area contributed by atoms with Crippen molar-refractivity contribution < 1.29 is 0 Å². The van der Waals surface area contributed by atoms with Crippen molar-refractivity contribution in [2.75, 3.05) is 6.54 Å². The molecule has 0 saturated heterocycles. The number of hydrogen-bond donors (Lipinski definition) is 2. The molecule has 0 amide bonds. The molecule has 1 aliphatic carbocycles. The average Bonchev–Trinajstić information content (AvgIpc) is 3.08. The molecule has 1 saturated carbocycles. The number of aromatic nitrogens is 2. The molecule has 2 N–H and O–H groups in total. The third-order valence-corrected chi connectivity index (χ3v) is 3.88. The van der Waals surface area contributed by atoms with E-state index in [1.54, 1.807) is 0 Å². The molecular weight excluding hydrogens is 337 g/mol. The monoisotopic (exact) mass is 353 g/mol. The highest BCUT2D eigenvalue weighted by Crippen LogP contribution is 2.19. The van der Waals surface area contributed by atoms with Gasteiger partial charge in [-0.15, -0.1) is 0 Å². The number of benzene rings is 1. The quantitative estimate of drug-likeness (QED) is 0.812. The van der Waals surface area contributed by atoms with Crippen molar-refractivity contribution in [3.05, 3.63) is 39.9 Å². The van der Waals surface area contributed by atoms with Crippen molar-refractivity contribution in [3.8, 4) is 11.3 Å². The van der Waals surface area contributed by atoms with Crippen LogP contribution in [0.2, 0.25) is 0 Å². The summed E-state index contributed by atoms with van der Waals surface area (Å²) in [6.07, 6.45) is 5.58. The van der Waals surface area contributed by atoms with Crippen molar-refractivity contribution in [1.29, 1.82) is 0 Å². The molecule has 3 nitrogen and oxygen atoms in total. The molecular formula is C14H16IN3. The maximum Gasteiger partial charge on any atom is 0.107 e. The van der Waals surface area contributed by atoms with Gasteiger partial charge < -0.3 is 10.3 Å². The second-order valence-electron chi connectivity index (χ2n) is 4.73. The zero-order chi connectivity index (χ0) is 12.4. The molecule has 1 heterocycles. The van der Waals surface area contributed by atoms with Gasteiger partial charge in [0.25, 0.3) is 0 Å². The Morgan fingerprint density at radius 1 is 1.28 bits per heavy atom. The Morgan fingerprint density at radius 3 is 2.78 bits per heavy atom. The van der Waals surface area contributed by atoms with E-state index in [4.69, 9.17) is 0 Å². The number of H-pyrrole nitrogens is 1. The van der Waals surface area contributed by atoms with Gasteiger partial charge in [0.1, 0.15) is 5.82 Å². The summed E-state index contributed by atoms with van der Waals surface area (Å²) in [5.74, 6) is 1.07. The Morgan fingerprint density at radius 2 is 2.06 bits per heavy atom. The second-order valence-corrected chi connectivity index (χ2v) is 5.97. The number of nitrogens with one attached hydrogen (secondary N) is 2. The van der Waals surface area contributed by atoms with Gasteiger partial charge in [0.15, 0.2) is 0 Å². The van der Waals surface area contributed by atoms with Crippen LogP contribution in [0.4, 0.5) is 0 Å². The van der Waals surface area contributed by atoms with Gasteiger partial charge in [0.2, 0.25) is 0 Å². The van der Waals surface area contributed by atoms with E-state index in [1.807, 2.05) is 6.20 Å². The summed E-state index contributed by atoms with van der Waals surface area (Å²) in [6, 6.07) is 9.26. The highest BCUT2D eigenvalue weighted by molar-refractivity contribution is 14.1. The molecule has 2 aromatic rings. The van der Waals surface area contributed by atoms with Crippen LogP contribution >= 0.6 is 22.6 Å². The maximum absolute atomic E-state index is 4.43. The lowest BCUT2D eigenvalue weighted by Crippen LogP contribution is -2.19. The van der Waals surface area contributed by atoms with E-state index in [0.29, 0.717) is 0 Å². The third kappa shape index (κ3) is 3.11. The van der Waals surface area contributed by atoms with E-state index in [0.717, 1.165) is 30.5 Å². The SMILES string of the molecule is Ic1ccc(-c2cnc(CCNC3CC3)[nH]2)cc1. The smallest absolute Gasteiger partial charge is 0.107 e. The molecule has 1 aliphatic rings. The van der Waals surface area contributed by atoms with Crippen LogP contribution in [0.15, 0.2) is 30.5 Å². The van der Waals surface area contributed by atoms with Crippen molar-refractivity contribution in [2.45, 2.75) is 25.3 Å². The Kier molecular flexibility index (Phi) is 3.65. The Bertz CT molecular complexity index is 514. The van der Waals surface area contributed by atoms with Gasteiger partial charge in [-0.05, 0) is 53.1 Å². The van der Waals surface area contributed by atoms with Crippen LogP contribution in [-0.2, 0) is 6.42 Å². The maximum atomic E-state index is 4.43. The highest BCUT2D eigenvalue weighted by atomic mass is 127. The molecule has 3 rings (SSSR count). The van der Waals surface area contributed by atoms with Gasteiger partial charge in [-0.25, -0.2) is 4.98 Å². The van der Waals surface area contributed by atoms with Crippen LogP contribution < -0.4 is 5.32 Å².